The lowest BCUT2D eigenvalue weighted by Crippen LogP contribution is -2.12. The van der Waals surface area contributed by atoms with Gasteiger partial charge in [-0.1, -0.05) is 28.1 Å². The Balaban J connectivity index is 1.92. The molecule has 2 rings (SSSR count). The average Bonchev–Trinajstić information content (AvgIpc) is 2.43. The minimum Gasteiger partial charge on any atom is -0.490 e. The maximum absolute atomic E-state index is 13.4. The Labute approximate surface area is 129 Å². The smallest absolute Gasteiger partial charge is 0.342 e. The third-order valence-electron chi connectivity index (χ3n) is 2.59. The average molecular weight is 355 g/mol. The van der Waals surface area contributed by atoms with Crippen LogP contribution < -0.4 is 9.47 Å². The van der Waals surface area contributed by atoms with Crippen LogP contribution in [0.15, 0.2) is 46.9 Å². The van der Waals surface area contributed by atoms with E-state index in [1.54, 1.807) is 12.1 Å². The summed E-state index contributed by atoms with van der Waals surface area (Å²) < 4.78 is 25.0. The molecule has 0 saturated heterocycles. The van der Waals surface area contributed by atoms with Gasteiger partial charge in [0.15, 0.2) is 0 Å². The van der Waals surface area contributed by atoms with Crippen molar-refractivity contribution in [2.45, 2.75) is 0 Å². The maximum Gasteiger partial charge on any atom is 0.342 e. The van der Waals surface area contributed by atoms with Crippen molar-refractivity contribution in [2.24, 2.45) is 0 Å². The van der Waals surface area contributed by atoms with E-state index in [9.17, 15) is 9.18 Å². The van der Waals surface area contributed by atoms with E-state index in [0.29, 0.717) is 5.75 Å². The molecule has 0 atom stereocenters. The van der Waals surface area contributed by atoms with E-state index in [1.165, 1.54) is 12.1 Å². The van der Waals surface area contributed by atoms with Gasteiger partial charge in [0.25, 0.3) is 0 Å². The first-order chi connectivity index (χ1) is 10.1. The van der Waals surface area contributed by atoms with E-state index < -0.39 is 17.3 Å². The summed E-state index contributed by atoms with van der Waals surface area (Å²) in [6, 6.07) is 11.2. The van der Waals surface area contributed by atoms with Crippen molar-refractivity contribution in [1.82, 2.24) is 0 Å². The molecule has 4 nitrogen and oxygen atoms in total. The topological polar surface area (TPSA) is 55.8 Å². The zero-order chi connectivity index (χ0) is 15.2. The summed E-state index contributed by atoms with van der Waals surface area (Å²) in [4.78, 5) is 11.0. The normalized spacial score (nSPS) is 10.2. The summed E-state index contributed by atoms with van der Waals surface area (Å²) in [6.45, 7) is 0.322. The van der Waals surface area contributed by atoms with Crippen LogP contribution >= 0.6 is 15.9 Å². The molecule has 0 fully saturated rings. The minimum absolute atomic E-state index is 0.0136. The first-order valence-electron chi connectivity index (χ1n) is 6.11. The second-order valence-corrected chi connectivity index (χ2v) is 4.99. The second-order valence-electron chi connectivity index (χ2n) is 4.07. The number of aromatic carboxylic acids is 1. The van der Waals surface area contributed by atoms with Gasteiger partial charge in [0.1, 0.15) is 36.1 Å². The number of benzene rings is 2. The van der Waals surface area contributed by atoms with Crippen LogP contribution in [0.3, 0.4) is 0 Å². The van der Waals surface area contributed by atoms with Gasteiger partial charge in [-0.05, 0) is 30.3 Å². The Hall–Kier alpha value is -2.08. The van der Waals surface area contributed by atoms with Gasteiger partial charge in [-0.25, -0.2) is 9.18 Å². The lowest BCUT2D eigenvalue weighted by atomic mass is 10.2. The molecule has 1 N–H and O–H groups in total. The molecule has 0 aliphatic rings. The summed E-state index contributed by atoms with van der Waals surface area (Å²) in [7, 11) is 0. The van der Waals surface area contributed by atoms with Crippen LogP contribution in [-0.4, -0.2) is 24.3 Å². The monoisotopic (exact) mass is 354 g/mol. The summed E-state index contributed by atoms with van der Waals surface area (Å²) in [5.74, 6) is -1.55. The first-order valence-corrected chi connectivity index (χ1v) is 6.90. The predicted octanol–water partition coefficient (Wildman–Crippen LogP) is 3.74. The van der Waals surface area contributed by atoms with Gasteiger partial charge in [0.05, 0.1) is 0 Å². The molecule has 2 aromatic rings. The van der Waals surface area contributed by atoms with E-state index in [1.807, 2.05) is 12.1 Å². The lowest BCUT2D eigenvalue weighted by Gasteiger charge is -2.10. The molecule has 0 spiro atoms. The molecule has 0 radical (unpaired) electrons. The number of hydrogen-bond acceptors (Lipinski definition) is 3. The molecule has 0 aliphatic heterocycles. The Bertz CT molecular complexity index is 645. The van der Waals surface area contributed by atoms with Gasteiger partial charge in [0.2, 0.25) is 0 Å². The van der Waals surface area contributed by atoms with Crippen LogP contribution in [0.4, 0.5) is 4.39 Å². The Morgan fingerprint density at radius 3 is 2.57 bits per heavy atom. The van der Waals surface area contributed by atoms with E-state index in [4.69, 9.17) is 14.6 Å². The number of rotatable bonds is 6. The third-order valence-corrected chi connectivity index (χ3v) is 3.09. The molecule has 0 aromatic heterocycles. The van der Waals surface area contributed by atoms with Gasteiger partial charge in [-0.15, -0.1) is 0 Å². The fourth-order valence-corrected chi connectivity index (χ4v) is 2.08. The molecule has 0 heterocycles. The van der Waals surface area contributed by atoms with Crippen molar-refractivity contribution >= 4 is 21.9 Å². The second kappa shape index (κ2) is 7.08. The van der Waals surface area contributed by atoms with E-state index in [0.717, 1.165) is 10.5 Å². The standard InChI is InChI=1S/C15H12BrFO4/c16-10-3-1-4-11(9-10)20-7-8-21-13-6-2-5-12(17)14(13)15(18)19/h1-6,9H,7-8H2,(H,18,19). The summed E-state index contributed by atoms with van der Waals surface area (Å²) in [5.41, 5.74) is -0.472. The molecule has 2 aromatic carbocycles. The molecule has 0 saturated carbocycles. The highest BCUT2D eigenvalue weighted by Gasteiger charge is 2.16. The van der Waals surface area contributed by atoms with E-state index in [-0.39, 0.29) is 19.0 Å². The fourth-order valence-electron chi connectivity index (χ4n) is 1.70. The van der Waals surface area contributed by atoms with Crippen molar-refractivity contribution in [2.75, 3.05) is 13.2 Å². The zero-order valence-electron chi connectivity index (χ0n) is 10.9. The summed E-state index contributed by atoms with van der Waals surface area (Å²) in [6.07, 6.45) is 0. The Morgan fingerprint density at radius 1 is 1.14 bits per heavy atom. The van der Waals surface area contributed by atoms with Crippen molar-refractivity contribution in [1.29, 1.82) is 0 Å². The molecule has 21 heavy (non-hydrogen) atoms. The highest BCUT2D eigenvalue weighted by Crippen LogP contribution is 2.22. The number of hydrogen-bond donors (Lipinski definition) is 1. The number of halogens is 2. The van der Waals surface area contributed by atoms with E-state index in [2.05, 4.69) is 15.9 Å². The van der Waals surface area contributed by atoms with Gasteiger partial charge >= 0.3 is 5.97 Å². The summed E-state index contributed by atoms with van der Waals surface area (Å²) in [5, 5.41) is 8.96. The van der Waals surface area contributed by atoms with Crippen LogP contribution in [-0.2, 0) is 0 Å². The SMILES string of the molecule is O=C(O)c1c(F)cccc1OCCOc1cccc(Br)c1. The molecule has 110 valence electrons. The molecule has 0 bridgehead atoms. The number of carbonyl (C=O) groups is 1. The van der Waals surface area contributed by atoms with E-state index >= 15 is 0 Å². The van der Waals surface area contributed by atoms with Gasteiger partial charge in [0, 0.05) is 4.47 Å². The molecule has 0 aliphatic carbocycles. The third kappa shape index (κ3) is 4.19. The molecular formula is C15H12BrFO4. The zero-order valence-corrected chi connectivity index (χ0v) is 12.5. The first kappa shape index (κ1) is 15.3. The molecule has 0 unspecified atom stereocenters. The quantitative estimate of drug-likeness (QED) is 0.802. The lowest BCUT2D eigenvalue weighted by molar-refractivity contribution is 0.0685. The fraction of sp³-hybridized carbons (Fsp3) is 0.133. The van der Waals surface area contributed by atoms with Crippen LogP contribution in [0.2, 0.25) is 0 Å². The molecule has 0 amide bonds. The largest absolute Gasteiger partial charge is 0.490 e. The van der Waals surface area contributed by atoms with Crippen molar-refractivity contribution in [3.8, 4) is 11.5 Å². The summed E-state index contributed by atoms with van der Waals surface area (Å²) >= 11 is 3.32. The van der Waals surface area contributed by atoms with Crippen LogP contribution in [0.5, 0.6) is 11.5 Å². The maximum atomic E-state index is 13.4. The Morgan fingerprint density at radius 2 is 1.86 bits per heavy atom. The minimum atomic E-state index is -1.36. The molecular weight excluding hydrogens is 343 g/mol. The predicted molar refractivity (Wildman–Crippen MR) is 78.5 cm³/mol. The van der Waals surface area contributed by atoms with Gasteiger partial charge < -0.3 is 14.6 Å². The Kier molecular flexibility index (Phi) is 5.16. The number of carboxylic acids is 1. The highest BCUT2D eigenvalue weighted by atomic mass is 79.9. The number of ether oxygens (including phenoxy) is 2. The van der Waals surface area contributed by atoms with Crippen LogP contribution in [0.25, 0.3) is 0 Å². The highest BCUT2D eigenvalue weighted by molar-refractivity contribution is 9.10. The van der Waals surface area contributed by atoms with Crippen molar-refractivity contribution in [3.05, 3.63) is 58.3 Å². The van der Waals surface area contributed by atoms with Gasteiger partial charge in [-0.3, -0.25) is 0 Å². The van der Waals surface area contributed by atoms with Crippen LogP contribution in [0, 0.1) is 5.82 Å². The van der Waals surface area contributed by atoms with Crippen LogP contribution in [0.1, 0.15) is 10.4 Å². The molecule has 6 heteroatoms. The van der Waals surface area contributed by atoms with Crippen molar-refractivity contribution < 1.29 is 23.8 Å². The number of carboxylic acid groups (broad SMARTS) is 1. The van der Waals surface area contributed by atoms with Crippen molar-refractivity contribution in [3.63, 3.8) is 0 Å². The van der Waals surface area contributed by atoms with Gasteiger partial charge in [-0.2, -0.15) is 0 Å².